The maximum atomic E-state index is 8.83. The average molecular weight is 213 g/mol. The van der Waals surface area contributed by atoms with Crippen LogP contribution in [0.3, 0.4) is 0 Å². The van der Waals surface area contributed by atoms with Gasteiger partial charge in [-0.25, -0.2) is 0 Å². The van der Waals surface area contributed by atoms with Gasteiger partial charge in [0.05, 0.1) is 18.7 Å². The molecule has 0 radical (unpaired) electrons. The number of rotatable bonds is 9. The van der Waals surface area contributed by atoms with Crippen LogP contribution < -0.4 is 5.32 Å². The smallest absolute Gasteiger partial charge is 0.0965 e. The Labute approximate surface area is 93.2 Å². The molecule has 0 amide bonds. The maximum Gasteiger partial charge on any atom is 0.0965 e. The van der Waals surface area contributed by atoms with Crippen molar-refractivity contribution in [2.24, 2.45) is 0 Å². The lowest BCUT2D eigenvalue weighted by Crippen LogP contribution is -2.33. The summed E-state index contributed by atoms with van der Waals surface area (Å²) >= 11 is 0. The third-order valence-corrected chi connectivity index (χ3v) is 2.23. The Bertz CT molecular complexity index is 179. The van der Waals surface area contributed by atoms with Crippen LogP contribution in [0.1, 0.15) is 20.3 Å². The van der Waals surface area contributed by atoms with Crippen LogP contribution in [0, 0.1) is 11.3 Å². The number of nitrogens with one attached hydrogen (secondary N) is 1. The van der Waals surface area contributed by atoms with Gasteiger partial charge in [-0.2, -0.15) is 5.26 Å². The average Bonchev–Trinajstić information content (AvgIpc) is 2.24. The van der Waals surface area contributed by atoms with Gasteiger partial charge in [0.2, 0.25) is 0 Å². The normalized spacial score (nSPS) is 12.7. The molecule has 4 nitrogen and oxygen atoms in total. The quantitative estimate of drug-likeness (QED) is 0.577. The molecule has 0 aromatic rings. The fourth-order valence-corrected chi connectivity index (χ4v) is 1.28. The summed E-state index contributed by atoms with van der Waals surface area (Å²) in [6, 6.07) is 2.23. The van der Waals surface area contributed by atoms with Crippen LogP contribution in [-0.2, 0) is 4.74 Å². The van der Waals surface area contributed by atoms with Crippen LogP contribution in [-0.4, -0.2) is 50.8 Å². The Hall–Kier alpha value is -0.630. The van der Waals surface area contributed by atoms with Crippen molar-refractivity contribution in [2.45, 2.75) is 26.3 Å². The fraction of sp³-hybridized carbons (Fsp3) is 0.909. The number of likely N-dealkylation sites (N-methyl/N-ethyl adjacent to an activating group) is 1. The lowest BCUT2D eigenvalue weighted by Gasteiger charge is -2.18. The van der Waals surface area contributed by atoms with E-state index >= 15 is 0 Å². The molecular weight excluding hydrogens is 190 g/mol. The van der Waals surface area contributed by atoms with Crippen molar-refractivity contribution >= 4 is 0 Å². The number of nitrogens with zero attached hydrogens (tertiary/aromatic N) is 2. The Kier molecular flexibility index (Phi) is 9.49. The molecule has 0 aromatic heterocycles. The van der Waals surface area contributed by atoms with Gasteiger partial charge in [-0.05, 0) is 26.9 Å². The van der Waals surface area contributed by atoms with Gasteiger partial charge in [0.15, 0.2) is 0 Å². The number of nitriles is 1. The first-order chi connectivity index (χ1) is 7.24. The third kappa shape index (κ3) is 8.37. The van der Waals surface area contributed by atoms with Crippen LogP contribution in [0.25, 0.3) is 0 Å². The van der Waals surface area contributed by atoms with Gasteiger partial charge < -0.3 is 15.0 Å². The second-order valence-corrected chi connectivity index (χ2v) is 3.53. The molecular formula is C11H23N3O. The van der Waals surface area contributed by atoms with Gasteiger partial charge in [-0.3, -0.25) is 0 Å². The third-order valence-electron chi connectivity index (χ3n) is 2.23. The van der Waals surface area contributed by atoms with E-state index in [0.29, 0.717) is 0 Å². The molecule has 0 bridgehead atoms. The van der Waals surface area contributed by atoms with E-state index in [2.05, 4.69) is 23.3 Å². The SMILES string of the molecule is CCNC(C#N)CCN(C)CCOCC. The van der Waals surface area contributed by atoms with E-state index in [-0.39, 0.29) is 6.04 Å². The zero-order chi connectivity index (χ0) is 11.5. The molecule has 4 heteroatoms. The predicted octanol–water partition coefficient (Wildman–Crippen LogP) is 0.846. The van der Waals surface area contributed by atoms with E-state index in [1.807, 2.05) is 13.8 Å². The van der Waals surface area contributed by atoms with Crippen LogP contribution >= 0.6 is 0 Å². The lowest BCUT2D eigenvalue weighted by molar-refractivity contribution is 0.121. The number of ether oxygens (including phenoxy) is 1. The van der Waals surface area contributed by atoms with Crippen molar-refractivity contribution in [3.63, 3.8) is 0 Å². The van der Waals surface area contributed by atoms with E-state index in [1.165, 1.54) is 0 Å². The van der Waals surface area contributed by atoms with E-state index in [9.17, 15) is 0 Å². The van der Waals surface area contributed by atoms with Gasteiger partial charge in [0.1, 0.15) is 0 Å². The molecule has 0 saturated carbocycles. The predicted molar refractivity (Wildman–Crippen MR) is 61.7 cm³/mol. The highest BCUT2D eigenvalue weighted by molar-refractivity contribution is 4.89. The van der Waals surface area contributed by atoms with Crippen LogP contribution in [0.15, 0.2) is 0 Å². The van der Waals surface area contributed by atoms with E-state index < -0.39 is 0 Å². The Morgan fingerprint density at radius 3 is 2.67 bits per heavy atom. The molecule has 1 unspecified atom stereocenters. The number of hydrogen-bond donors (Lipinski definition) is 1. The topological polar surface area (TPSA) is 48.3 Å². The van der Waals surface area contributed by atoms with Gasteiger partial charge in [0.25, 0.3) is 0 Å². The molecule has 0 spiro atoms. The van der Waals surface area contributed by atoms with Crippen molar-refractivity contribution in [3.8, 4) is 6.07 Å². The lowest BCUT2D eigenvalue weighted by atomic mass is 10.2. The summed E-state index contributed by atoms with van der Waals surface area (Å²) in [6.45, 7) is 8.26. The minimum atomic E-state index is -0.0236. The maximum absolute atomic E-state index is 8.83. The molecule has 0 fully saturated rings. The van der Waals surface area contributed by atoms with Crippen LogP contribution in [0.4, 0.5) is 0 Å². The van der Waals surface area contributed by atoms with Crippen molar-refractivity contribution in [1.29, 1.82) is 5.26 Å². The monoisotopic (exact) mass is 213 g/mol. The Balaban J connectivity index is 3.51. The first kappa shape index (κ1) is 14.4. The second-order valence-electron chi connectivity index (χ2n) is 3.53. The highest BCUT2D eigenvalue weighted by atomic mass is 16.5. The summed E-state index contributed by atoms with van der Waals surface area (Å²) < 4.78 is 5.26. The summed E-state index contributed by atoms with van der Waals surface area (Å²) in [4.78, 5) is 2.19. The van der Waals surface area contributed by atoms with E-state index in [4.69, 9.17) is 10.00 Å². The first-order valence-corrected chi connectivity index (χ1v) is 5.63. The summed E-state index contributed by atoms with van der Waals surface area (Å²) in [5.74, 6) is 0. The molecule has 15 heavy (non-hydrogen) atoms. The van der Waals surface area contributed by atoms with Gasteiger partial charge in [0, 0.05) is 19.7 Å². The molecule has 0 rings (SSSR count). The minimum absolute atomic E-state index is 0.0236. The van der Waals surface area contributed by atoms with Crippen LogP contribution in [0.2, 0.25) is 0 Å². The molecule has 0 saturated heterocycles. The van der Waals surface area contributed by atoms with Crippen molar-refractivity contribution < 1.29 is 4.74 Å². The van der Waals surface area contributed by atoms with Crippen LogP contribution in [0.5, 0.6) is 0 Å². The largest absolute Gasteiger partial charge is 0.380 e. The molecule has 0 heterocycles. The molecule has 0 aliphatic rings. The molecule has 1 atom stereocenters. The molecule has 0 aliphatic carbocycles. The summed E-state index contributed by atoms with van der Waals surface area (Å²) in [5, 5.41) is 12.0. The zero-order valence-electron chi connectivity index (χ0n) is 10.1. The molecule has 88 valence electrons. The Morgan fingerprint density at radius 2 is 2.13 bits per heavy atom. The summed E-state index contributed by atoms with van der Waals surface area (Å²) in [5.41, 5.74) is 0. The Morgan fingerprint density at radius 1 is 1.40 bits per heavy atom. The first-order valence-electron chi connectivity index (χ1n) is 5.63. The highest BCUT2D eigenvalue weighted by Gasteiger charge is 2.06. The second kappa shape index (κ2) is 9.91. The highest BCUT2D eigenvalue weighted by Crippen LogP contribution is 1.93. The fourth-order valence-electron chi connectivity index (χ4n) is 1.28. The van der Waals surface area contributed by atoms with Crippen molar-refractivity contribution in [2.75, 3.05) is 39.9 Å². The van der Waals surface area contributed by atoms with Gasteiger partial charge in [-0.1, -0.05) is 6.92 Å². The standard InChI is InChI=1S/C11H23N3O/c1-4-13-11(10-12)6-7-14(3)8-9-15-5-2/h11,13H,4-9H2,1-3H3. The molecule has 0 aromatic carbocycles. The zero-order valence-corrected chi connectivity index (χ0v) is 10.1. The van der Waals surface area contributed by atoms with Crippen molar-refractivity contribution in [3.05, 3.63) is 0 Å². The van der Waals surface area contributed by atoms with Crippen molar-refractivity contribution in [1.82, 2.24) is 10.2 Å². The summed E-state index contributed by atoms with van der Waals surface area (Å²) in [6.07, 6.45) is 0.868. The molecule has 1 N–H and O–H groups in total. The van der Waals surface area contributed by atoms with Gasteiger partial charge >= 0.3 is 0 Å². The van der Waals surface area contributed by atoms with E-state index in [0.717, 1.165) is 39.3 Å². The van der Waals surface area contributed by atoms with E-state index in [1.54, 1.807) is 0 Å². The summed E-state index contributed by atoms with van der Waals surface area (Å²) in [7, 11) is 2.05. The van der Waals surface area contributed by atoms with Gasteiger partial charge in [-0.15, -0.1) is 0 Å². The minimum Gasteiger partial charge on any atom is -0.380 e. The molecule has 0 aliphatic heterocycles. The number of hydrogen-bond acceptors (Lipinski definition) is 4.